The molecule has 0 bridgehead atoms. The van der Waals surface area contributed by atoms with Crippen LogP contribution in [0.2, 0.25) is 0 Å². The van der Waals surface area contributed by atoms with Crippen LogP contribution in [0, 0.1) is 6.92 Å². The lowest BCUT2D eigenvalue weighted by Gasteiger charge is -2.10. The maximum Gasteiger partial charge on any atom is 0.323 e. The van der Waals surface area contributed by atoms with Crippen LogP contribution in [0.25, 0.3) is 0 Å². The maximum absolute atomic E-state index is 5.47. The normalized spacial score (nSPS) is 10.3. The van der Waals surface area contributed by atoms with E-state index in [2.05, 4.69) is 41.5 Å². The largest absolute Gasteiger partial charge is 0.463 e. The van der Waals surface area contributed by atoms with Crippen LogP contribution < -0.4 is 15.4 Å². The molecule has 0 spiro atoms. The third-order valence-electron chi connectivity index (χ3n) is 2.64. The minimum absolute atomic E-state index is 0.307. The molecule has 0 aliphatic heterocycles. The minimum atomic E-state index is 0.307. The van der Waals surface area contributed by atoms with E-state index in [4.69, 9.17) is 4.74 Å². The molecule has 7 heteroatoms. The first-order chi connectivity index (χ1) is 10.1. The Hall–Kier alpha value is -1.89. The quantitative estimate of drug-likeness (QED) is 0.829. The van der Waals surface area contributed by atoms with E-state index in [1.165, 1.54) is 5.56 Å². The number of hydrogen-bond donors (Lipinski definition) is 2. The summed E-state index contributed by atoms with van der Waals surface area (Å²) in [5.74, 6) is 0.895. The summed E-state index contributed by atoms with van der Waals surface area (Å²) in [5, 5.41) is 6.06. The third-order valence-corrected chi connectivity index (χ3v) is 3.30. The molecule has 0 radical (unpaired) electrons. The van der Waals surface area contributed by atoms with Gasteiger partial charge in [0.1, 0.15) is 0 Å². The Kier molecular flexibility index (Phi) is 5.32. The monoisotopic (exact) mass is 351 g/mol. The SMILES string of the molecule is CCCOc1nc(NC)nc(Nc2ccc(C)cc2Br)n1. The topological polar surface area (TPSA) is 72.0 Å². The van der Waals surface area contributed by atoms with Gasteiger partial charge in [0.05, 0.1) is 12.3 Å². The zero-order chi connectivity index (χ0) is 15.2. The maximum atomic E-state index is 5.47. The number of anilines is 3. The van der Waals surface area contributed by atoms with E-state index >= 15 is 0 Å². The molecule has 0 amide bonds. The lowest BCUT2D eigenvalue weighted by atomic mass is 10.2. The first kappa shape index (κ1) is 15.5. The van der Waals surface area contributed by atoms with Crippen LogP contribution in [-0.4, -0.2) is 28.6 Å². The minimum Gasteiger partial charge on any atom is -0.463 e. The second-order valence-electron chi connectivity index (χ2n) is 4.47. The summed E-state index contributed by atoms with van der Waals surface area (Å²) in [6.07, 6.45) is 0.896. The molecule has 0 saturated carbocycles. The van der Waals surface area contributed by atoms with Crippen molar-refractivity contribution in [3.63, 3.8) is 0 Å². The van der Waals surface area contributed by atoms with Crippen LogP contribution in [0.15, 0.2) is 22.7 Å². The van der Waals surface area contributed by atoms with Gasteiger partial charge < -0.3 is 15.4 Å². The van der Waals surface area contributed by atoms with Gasteiger partial charge in [-0.3, -0.25) is 0 Å². The summed E-state index contributed by atoms with van der Waals surface area (Å²) in [4.78, 5) is 12.7. The molecule has 1 aromatic carbocycles. The van der Waals surface area contributed by atoms with Gasteiger partial charge >= 0.3 is 6.01 Å². The number of rotatable bonds is 6. The Morgan fingerprint density at radius 3 is 2.62 bits per heavy atom. The van der Waals surface area contributed by atoms with Crippen molar-refractivity contribution in [1.82, 2.24) is 15.0 Å². The van der Waals surface area contributed by atoms with Crippen molar-refractivity contribution >= 4 is 33.5 Å². The van der Waals surface area contributed by atoms with Gasteiger partial charge in [-0.25, -0.2) is 0 Å². The molecule has 2 N–H and O–H groups in total. The Morgan fingerprint density at radius 2 is 1.95 bits per heavy atom. The molecular weight excluding hydrogens is 334 g/mol. The Labute approximate surface area is 132 Å². The first-order valence-corrected chi connectivity index (χ1v) is 7.51. The highest BCUT2D eigenvalue weighted by atomic mass is 79.9. The van der Waals surface area contributed by atoms with Crippen molar-refractivity contribution in [3.05, 3.63) is 28.2 Å². The highest BCUT2D eigenvalue weighted by Gasteiger charge is 2.08. The average Bonchev–Trinajstić information content (AvgIpc) is 2.48. The van der Waals surface area contributed by atoms with Gasteiger partial charge in [-0.1, -0.05) is 13.0 Å². The highest BCUT2D eigenvalue weighted by Crippen LogP contribution is 2.26. The van der Waals surface area contributed by atoms with E-state index < -0.39 is 0 Å². The molecule has 0 fully saturated rings. The van der Waals surface area contributed by atoms with Gasteiger partial charge in [0, 0.05) is 11.5 Å². The molecule has 0 aliphatic rings. The molecule has 0 unspecified atom stereocenters. The van der Waals surface area contributed by atoms with Gasteiger partial charge in [0.25, 0.3) is 0 Å². The third kappa shape index (κ3) is 4.29. The van der Waals surface area contributed by atoms with Crippen molar-refractivity contribution in [2.75, 3.05) is 24.3 Å². The van der Waals surface area contributed by atoms with Crippen LogP contribution in [-0.2, 0) is 0 Å². The van der Waals surface area contributed by atoms with Gasteiger partial charge in [0.2, 0.25) is 11.9 Å². The van der Waals surface area contributed by atoms with Crippen LogP contribution in [0.1, 0.15) is 18.9 Å². The van der Waals surface area contributed by atoms with E-state index in [0.717, 1.165) is 16.6 Å². The van der Waals surface area contributed by atoms with Gasteiger partial charge in [-0.05, 0) is 47.0 Å². The van der Waals surface area contributed by atoms with Gasteiger partial charge in [-0.2, -0.15) is 15.0 Å². The molecule has 1 aromatic heterocycles. The zero-order valence-corrected chi connectivity index (χ0v) is 13.9. The van der Waals surface area contributed by atoms with Crippen molar-refractivity contribution in [2.24, 2.45) is 0 Å². The number of aryl methyl sites for hydroxylation is 1. The average molecular weight is 352 g/mol. The number of hydrogen-bond acceptors (Lipinski definition) is 6. The lowest BCUT2D eigenvalue weighted by Crippen LogP contribution is -2.07. The van der Waals surface area contributed by atoms with Crippen LogP contribution in [0.3, 0.4) is 0 Å². The fourth-order valence-electron chi connectivity index (χ4n) is 1.62. The first-order valence-electron chi connectivity index (χ1n) is 6.72. The Morgan fingerprint density at radius 1 is 1.19 bits per heavy atom. The summed E-state index contributed by atoms with van der Waals surface area (Å²) in [5.41, 5.74) is 2.06. The molecule has 2 rings (SSSR count). The van der Waals surface area contributed by atoms with Crippen LogP contribution in [0.4, 0.5) is 17.6 Å². The number of aromatic nitrogens is 3. The summed E-state index contributed by atoms with van der Waals surface area (Å²) in [6, 6.07) is 6.31. The van der Waals surface area contributed by atoms with Crippen LogP contribution in [0.5, 0.6) is 6.01 Å². The number of nitrogens with zero attached hydrogens (tertiary/aromatic N) is 3. The van der Waals surface area contributed by atoms with Crippen LogP contribution >= 0.6 is 15.9 Å². The molecule has 112 valence electrons. The summed E-state index contributed by atoms with van der Waals surface area (Å²) in [6.45, 7) is 4.64. The molecule has 21 heavy (non-hydrogen) atoms. The number of benzene rings is 1. The van der Waals surface area contributed by atoms with E-state index in [-0.39, 0.29) is 0 Å². The Balaban J connectivity index is 2.25. The molecule has 0 atom stereocenters. The Bertz CT molecular complexity index is 620. The predicted octanol–water partition coefficient (Wildman–Crippen LogP) is 3.52. The number of ether oxygens (including phenoxy) is 1. The van der Waals surface area contributed by atoms with E-state index in [1.807, 2.05) is 32.0 Å². The van der Waals surface area contributed by atoms with E-state index in [9.17, 15) is 0 Å². The summed E-state index contributed by atoms with van der Waals surface area (Å²) in [7, 11) is 1.75. The zero-order valence-electron chi connectivity index (χ0n) is 12.3. The molecular formula is C14H18BrN5O. The fourth-order valence-corrected chi connectivity index (χ4v) is 2.22. The van der Waals surface area contributed by atoms with Crippen molar-refractivity contribution in [3.8, 4) is 6.01 Å². The second-order valence-corrected chi connectivity index (χ2v) is 5.33. The molecule has 0 aliphatic carbocycles. The van der Waals surface area contributed by atoms with Gasteiger partial charge in [0.15, 0.2) is 0 Å². The van der Waals surface area contributed by atoms with E-state index in [0.29, 0.717) is 24.5 Å². The summed E-state index contributed by atoms with van der Waals surface area (Å²) >= 11 is 3.52. The highest BCUT2D eigenvalue weighted by molar-refractivity contribution is 9.10. The molecule has 6 nitrogen and oxygen atoms in total. The molecule has 2 aromatic rings. The molecule has 0 saturated heterocycles. The lowest BCUT2D eigenvalue weighted by molar-refractivity contribution is 0.292. The molecule has 1 heterocycles. The smallest absolute Gasteiger partial charge is 0.323 e. The van der Waals surface area contributed by atoms with Gasteiger partial charge in [-0.15, -0.1) is 0 Å². The van der Waals surface area contributed by atoms with Crippen molar-refractivity contribution < 1.29 is 4.74 Å². The standard InChI is InChI=1S/C14H18BrN5O/c1-4-7-21-14-19-12(16-3)18-13(20-14)17-11-6-5-9(2)8-10(11)15/h5-6,8H,4,7H2,1-3H3,(H2,16,17,18,19,20). The fraction of sp³-hybridized carbons (Fsp3) is 0.357. The summed E-state index contributed by atoms with van der Waals surface area (Å²) < 4.78 is 6.42. The predicted molar refractivity (Wildman–Crippen MR) is 87.3 cm³/mol. The number of nitrogens with one attached hydrogen (secondary N) is 2. The number of halogens is 1. The second kappa shape index (κ2) is 7.21. The van der Waals surface area contributed by atoms with E-state index in [1.54, 1.807) is 7.05 Å². The van der Waals surface area contributed by atoms with Crippen molar-refractivity contribution in [2.45, 2.75) is 20.3 Å². The van der Waals surface area contributed by atoms with Crippen molar-refractivity contribution in [1.29, 1.82) is 0 Å².